The number of fused-ring (bicyclic) bond motifs is 1. The Hall–Kier alpha value is -3.47. The number of thiophene rings is 1. The van der Waals surface area contributed by atoms with Gasteiger partial charge in [0.15, 0.2) is 5.82 Å². The maximum absolute atomic E-state index is 14.5. The molecule has 1 aliphatic rings. The number of aliphatic hydroxyl groups is 1. The van der Waals surface area contributed by atoms with Crippen molar-refractivity contribution in [1.29, 1.82) is 0 Å². The summed E-state index contributed by atoms with van der Waals surface area (Å²) in [6.45, 7) is 0. The molecule has 6 N–H and O–H groups in total. The summed E-state index contributed by atoms with van der Waals surface area (Å²) >= 11 is 6.86. The number of benzene rings is 1. The predicted molar refractivity (Wildman–Crippen MR) is 119 cm³/mol. The lowest BCUT2D eigenvalue weighted by molar-refractivity contribution is -0.912. The zero-order valence-electron chi connectivity index (χ0n) is 16.8. The van der Waals surface area contributed by atoms with Crippen LogP contribution < -0.4 is 10.5 Å². The van der Waals surface area contributed by atoms with E-state index in [0.717, 1.165) is 16.1 Å². The summed E-state index contributed by atoms with van der Waals surface area (Å²) < 4.78 is 15.3. The molecular weight excluding hydrogens is 471 g/mol. The third kappa shape index (κ3) is 3.34. The maximum atomic E-state index is 14.5. The molecule has 5 rings (SSSR count). The van der Waals surface area contributed by atoms with Crippen molar-refractivity contribution in [1.82, 2.24) is 9.97 Å². The van der Waals surface area contributed by atoms with E-state index in [0.29, 0.717) is 33.8 Å². The molecule has 0 spiro atoms. The number of aromatic nitrogens is 3. The molecule has 0 saturated carbocycles. The lowest BCUT2D eigenvalue weighted by Gasteiger charge is -2.17. The number of anilines is 1. The number of imidazole rings is 1. The fourth-order valence-electron chi connectivity index (χ4n) is 4.21. The molecule has 3 heterocycles. The molecule has 0 amide bonds. The molecular formula is C22H17ClFN4O4S+. The third-order valence-corrected chi connectivity index (χ3v) is 6.96. The minimum atomic E-state index is -1.66. The number of carbonyl (C=O) groups is 1. The molecule has 11 heteroatoms. The number of hydrogen-bond donors (Lipinski definition) is 5. The number of rotatable bonds is 4. The number of nitrogens with zero attached hydrogens (tertiary/aromatic N) is 2. The number of carboxylic acid groups (broad SMARTS) is 1. The van der Waals surface area contributed by atoms with Gasteiger partial charge in [-0.15, -0.1) is 11.3 Å². The minimum Gasteiger partial charge on any atom is -0.477 e. The third-order valence-electron chi connectivity index (χ3n) is 5.78. The van der Waals surface area contributed by atoms with Gasteiger partial charge >= 0.3 is 5.97 Å². The summed E-state index contributed by atoms with van der Waals surface area (Å²) in [5, 5.41) is 33.2. The highest BCUT2D eigenvalue weighted by molar-refractivity contribution is 7.12. The molecule has 4 aromatic rings. The highest BCUT2D eigenvalue weighted by Gasteiger charge is 2.50. The molecule has 1 unspecified atom stereocenters. The summed E-state index contributed by atoms with van der Waals surface area (Å²) in [6.07, 6.45) is 3.41. The molecule has 3 aromatic heterocycles. The van der Waals surface area contributed by atoms with Crippen molar-refractivity contribution in [3.63, 3.8) is 0 Å². The Balaban J connectivity index is 1.56. The van der Waals surface area contributed by atoms with E-state index < -0.39 is 22.3 Å². The number of aryl methyl sites for hydroxylation is 1. The van der Waals surface area contributed by atoms with Crippen LogP contribution in [0, 0.1) is 5.82 Å². The van der Waals surface area contributed by atoms with Crippen LogP contribution in [0.25, 0.3) is 22.4 Å². The standard InChI is InChI=1S/C22H16ClFN4O4S/c23-12-1-2-15(25)13(6-12)11-5-10-3-4-22(31,19(10)28(32)8-11)21-26-7-16(27-21)14-9-33-18(17(14)24)20(29)30/h1-2,5-9,31H,3-4,25H2,(H2-,26,27,29,30,32)/p+1. The van der Waals surface area contributed by atoms with Crippen molar-refractivity contribution in [2.75, 3.05) is 5.73 Å². The van der Waals surface area contributed by atoms with E-state index in [9.17, 15) is 19.5 Å². The Morgan fingerprint density at radius 3 is 2.85 bits per heavy atom. The second kappa shape index (κ2) is 7.55. The van der Waals surface area contributed by atoms with E-state index in [2.05, 4.69) is 9.97 Å². The smallest absolute Gasteiger partial charge is 0.348 e. The maximum Gasteiger partial charge on any atom is 0.348 e. The average Bonchev–Trinajstić information content (AvgIpc) is 3.47. The highest BCUT2D eigenvalue weighted by Crippen LogP contribution is 2.41. The van der Waals surface area contributed by atoms with E-state index in [-0.39, 0.29) is 29.2 Å². The number of nitrogens with two attached hydrogens (primary N) is 1. The fraction of sp³-hybridized carbons (Fsp3) is 0.136. The van der Waals surface area contributed by atoms with Crippen molar-refractivity contribution >= 4 is 34.6 Å². The second-order valence-electron chi connectivity index (χ2n) is 7.78. The summed E-state index contributed by atoms with van der Waals surface area (Å²) in [7, 11) is 0. The highest BCUT2D eigenvalue weighted by atomic mass is 35.5. The molecule has 0 bridgehead atoms. The Morgan fingerprint density at radius 2 is 2.12 bits per heavy atom. The van der Waals surface area contributed by atoms with Crippen molar-refractivity contribution < 1.29 is 29.3 Å². The molecule has 1 aliphatic carbocycles. The molecule has 168 valence electrons. The number of aromatic amines is 1. The van der Waals surface area contributed by atoms with Gasteiger partial charge in [-0.3, -0.25) is 5.21 Å². The van der Waals surface area contributed by atoms with E-state index in [1.807, 2.05) is 6.07 Å². The second-order valence-corrected chi connectivity index (χ2v) is 9.10. The molecule has 0 aliphatic heterocycles. The Labute approximate surface area is 195 Å². The van der Waals surface area contributed by atoms with Gasteiger partial charge in [0.25, 0.3) is 5.69 Å². The van der Waals surface area contributed by atoms with Crippen molar-refractivity contribution in [2.45, 2.75) is 18.4 Å². The lowest BCUT2D eigenvalue weighted by atomic mass is 9.98. The molecule has 0 radical (unpaired) electrons. The Morgan fingerprint density at radius 1 is 1.33 bits per heavy atom. The normalized spacial score (nSPS) is 17.3. The molecule has 0 fully saturated rings. The number of H-pyrrole nitrogens is 1. The van der Waals surface area contributed by atoms with E-state index in [4.69, 9.17) is 22.4 Å². The van der Waals surface area contributed by atoms with E-state index in [1.54, 1.807) is 18.2 Å². The van der Waals surface area contributed by atoms with Crippen LogP contribution in [0.3, 0.4) is 0 Å². The number of nitrogen functional groups attached to an aromatic ring is 1. The lowest BCUT2D eigenvalue weighted by Crippen LogP contribution is -2.44. The minimum absolute atomic E-state index is 0.0432. The van der Waals surface area contributed by atoms with Gasteiger partial charge in [-0.25, -0.2) is 14.2 Å². The van der Waals surface area contributed by atoms with Gasteiger partial charge in [-0.2, -0.15) is 0 Å². The Bertz CT molecular complexity index is 1440. The number of hydrogen-bond acceptors (Lipinski definition) is 6. The number of aromatic carboxylic acids is 1. The van der Waals surface area contributed by atoms with Crippen LogP contribution in [-0.4, -0.2) is 31.4 Å². The summed E-state index contributed by atoms with van der Waals surface area (Å²) in [4.78, 5) is 17.8. The first-order valence-electron chi connectivity index (χ1n) is 9.81. The van der Waals surface area contributed by atoms with Crippen molar-refractivity contribution in [3.8, 4) is 22.4 Å². The van der Waals surface area contributed by atoms with E-state index in [1.165, 1.54) is 17.8 Å². The number of carboxylic acids is 1. The number of halogens is 2. The van der Waals surface area contributed by atoms with Crippen LogP contribution in [0.15, 0.2) is 42.0 Å². The van der Waals surface area contributed by atoms with Gasteiger partial charge in [0.1, 0.15) is 10.7 Å². The Kier molecular flexibility index (Phi) is 4.89. The number of nitrogens with one attached hydrogen (secondary N) is 1. The first kappa shape index (κ1) is 21.4. The van der Waals surface area contributed by atoms with E-state index >= 15 is 0 Å². The largest absolute Gasteiger partial charge is 0.477 e. The van der Waals surface area contributed by atoms with Crippen LogP contribution >= 0.6 is 22.9 Å². The summed E-state index contributed by atoms with van der Waals surface area (Å²) in [6, 6.07) is 6.86. The van der Waals surface area contributed by atoms with Gasteiger partial charge < -0.3 is 20.9 Å². The van der Waals surface area contributed by atoms with Crippen LogP contribution in [0.4, 0.5) is 10.1 Å². The first-order valence-corrected chi connectivity index (χ1v) is 11.1. The van der Waals surface area contributed by atoms with Crippen LogP contribution in [0.2, 0.25) is 5.02 Å². The van der Waals surface area contributed by atoms with Crippen molar-refractivity contribution in [3.05, 3.63) is 74.8 Å². The van der Waals surface area contributed by atoms with Gasteiger partial charge in [0.2, 0.25) is 11.8 Å². The molecule has 33 heavy (non-hydrogen) atoms. The zero-order chi connectivity index (χ0) is 23.5. The van der Waals surface area contributed by atoms with Crippen LogP contribution in [0.5, 0.6) is 0 Å². The molecule has 0 saturated heterocycles. The monoisotopic (exact) mass is 487 g/mol. The average molecular weight is 488 g/mol. The topological polar surface area (TPSA) is 136 Å². The molecule has 8 nitrogen and oxygen atoms in total. The summed E-state index contributed by atoms with van der Waals surface area (Å²) in [5.74, 6) is -2.12. The first-order chi connectivity index (χ1) is 15.7. The van der Waals surface area contributed by atoms with Crippen LogP contribution in [-0.2, 0) is 12.0 Å². The van der Waals surface area contributed by atoms with Gasteiger partial charge in [0, 0.05) is 37.5 Å². The van der Waals surface area contributed by atoms with Gasteiger partial charge in [-0.05, 0) is 37.1 Å². The fourth-order valence-corrected chi connectivity index (χ4v) is 5.16. The summed E-state index contributed by atoms with van der Waals surface area (Å²) in [5.41, 5.74) is 7.34. The van der Waals surface area contributed by atoms with Crippen LogP contribution in [0.1, 0.15) is 33.2 Å². The quantitative estimate of drug-likeness (QED) is 0.169. The molecule has 1 aromatic carbocycles. The number of pyridine rings is 1. The van der Waals surface area contributed by atoms with Gasteiger partial charge in [-0.1, -0.05) is 11.6 Å². The predicted octanol–water partition coefficient (Wildman–Crippen LogP) is 3.59. The van der Waals surface area contributed by atoms with Gasteiger partial charge in [0.05, 0.1) is 17.5 Å². The molecule has 1 atom stereocenters. The zero-order valence-corrected chi connectivity index (χ0v) is 18.4. The SMILES string of the molecule is Nc1ccc(Cl)cc1-c1cc2c([n+](O)c1)C(O)(c1ncc(-c3csc(C(=O)O)c3F)[nH]1)CC2. The van der Waals surface area contributed by atoms with Crippen molar-refractivity contribution in [2.24, 2.45) is 0 Å².